The molecule has 0 saturated heterocycles. The number of aliphatic imine (C=N–C) groups is 1. The molecule has 0 heterocycles. The van der Waals surface area contributed by atoms with Crippen molar-refractivity contribution in [1.29, 1.82) is 0 Å². The maximum atomic E-state index is 9.95. The summed E-state index contributed by atoms with van der Waals surface area (Å²) in [6.45, 7) is 4.08. The van der Waals surface area contributed by atoms with Crippen LogP contribution in [0.25, 0.3) is 0 Å². The van der Waals surface area contributed by atoms with Gasteiger partial charge < -0.3 is 5.11 Å². The van der Waals surface area contributed by atoms with E-state index in [1.165, 1.54) is 11.1 Å². The molecule has 0 aliphatic rings. The first kappa shape index (κ1) is 14.3. The SMILES string of the molecule is Cc1cc(C)cc(N=Cc2cc(Br)cc(Br)c2O)c1. The maximum Gasteiger partial charge on any atom is 0.138 e. The number of aromatic hydroxyl groups is 1. The van der Waals surface area contributed by atoms with E-state index in [0.717, 1.165) is 10.2 Å². The highest BCUT2D eigenvalue weighted by Crippen LogP contribution is 2.31. The molecule has 2 aromatic rings. The van der Waals surface area contributed by atoms with Gasteiger partial charge in [0.05, 0.1) is 10.2 Å². The molecule has 0 atom stereocenters. The number of rotatable bonds is 2. The summed E-state index contributed by atoms with van der Waals surface area (Å²) in [5.41, 5.74) is 3.90. The highest BCUT2D eigenvalue weighted by Gasteiger charge is 2.05. The minimum Gasteiger partial charge on any atom is -0.506 e. The van der Waals surface area contributed by atoms with Crippen LogP contribution < -0.4 is 0 Å². The Hall–Kier alpha value is -1.13. The largest absolute Gasteiger partial charge is 0.506 e. The first-order valence-corrected chi connectivity index (χ1v) is 7.34. The van der Waals surface area contributed by atoms with Crippen molar-refractivity contribution in [1.82, 2.24) is 0 Å². The molecule has 2 nitrogen and oxygen atoms in total. The predicted molar refractivity (Wildman–Crippen MR) is 86.7 cm³/mol. The Morgan fingerprint density at radius 1 is 1.00 bits per heavy atom. The minimum absolute atomic E-state index is 0.191. The van der Waals surface area contributed by atoms with Gasteiger partial charge in [-0.2, -0.15) is 0 Å². The van der Waals surface area contributed by atoms with Gasteiger partial charge in [-0.15, -0.1) is 0 Å². The Morgan fingerprint density at radius 2 is 1.63 bits per heavy atom. The molecule has 98 valence electrons. The molecule has 0 spiro atoms. The Labute approximate surface area is 129 Å². The predicted octanol–water partition coefficient (Wildman–Crippen LogP) is 5.28. The van der Waals surface area contributed by atoms with Crippen molar-refractivity contribution in [3.63, 3.8) is 0 Å². The number of aryl methyl sites for hydroxylation is 2. The van der Waals surface area contributed by atoms with Gasteiger partial charge in [0, 0.05) is 16.3 Å². The molecule has 0 radical (unpaired) electrons. The average molecular weight is 383 g/mol. The fraction of sp³-hybridized carbons (Fsp3) is 0.133. The van der Waals surface area contributed by atoms with Crippen LogP contribution in [0.2, 0.25) is 0 Å². The third-order valence-corrected chi connectivity index (χ3v) is 3.68. The molecule has 0 aliphatic heterocycles. The van der Waals surface area contributed by atoms with Crippen molar-refractivity contribution in [2.24, 2.45) is 4.99 Å². The summed E-state index contributed by atoms with van der Waals surface area (Å²) in [5, 5.41) is 9.95. The molecule has 2 aromatic carbocycles. The van der Waals surface area contributed by atoms with Gasteiger partial charge in [-0.3, -0.25) is 4.99 Å². The van der Waals surface area contributed by atoms with E-state index in [-0.39, 0.29) is 5.75 Å². The van der Waals surface area contributed by atoms with E-state index in [1.807, 2.05) is 32.0 Å². The summed E-state index contributed by atoms with van der Waals surface area (Å²) in [6.07, 6.45) is 1.67. The summed E-state index contributed by atoms with van der Waals surface area (Å²) in [6, 6.07) is 9.74. The highest BCUT2D eigenvalue weighted by atomic mass is 79.9. The van der Waals surface area contributed by atoms with E-state index in [2.05, 4.69) is 42.9 Å². The van der Waals surface area contributed by atoms with Crippen LogP contribution in [0, 0.1) is 13.8 Å². The molecule has 0 bridgehead atoms. The van der Waals surface area contributed by atoms with Gasteiger partial charge in [0.15, 0.2) is 0 Å². The fourth-order valence-electron chi connectivity index (χ4n) is 1.85. The number of nitrogens with zero attached hydrogens (tertiary/aromatic N) is 1. The summed E-state index contributed by atoms with van der Waals surface area (Å²) < 4.78 is 1.53. The van der Waals surface area contributed by atoms with Crippen LogP contribution in [0.1, 0.15) is 16.7 Å². The molecule has 2 rings (SSSR count). The first-order valence-electron chi connectivity index (χ1n) is 5.76. The standard InChI is InChI=1S/C15H13Br2NO/c1-9-3-10(2)5-13(4-9)18-8-11-6-12(16)7-14(17)15(11)19/h3-8,19H,1-2H3. The normalized spacial score (nSPS) is 11.2. The van der Waals surface area contributed by atoms with E-state index in [0.29, 0.717) is 10.0 Å². The van der Waals surface area contributed by atoms with Crippen LogP contribution in [0.4, 0.5) is 5.69 Å². The topological polar surface area (TPSA) is 32.6 Å². The van der Waals surface area contributed by atoms with Crippen LogP contribution in [0.3, 0.4) is 0 Å². The zero-order valence-corrected chi connectivity index (χ0v) is 13.8. The van der Waals surface area contributed by atoms with Gasteiger partial charge in [0.25, 0.3) is 0 Å². The number of phenols is 1. The second-order valence-electron chi connectivity index (χ2n) is 4.43. The summed E-state index contributed by atoms with van der Waals surface area (Å²) in [5.74, 6) is 0.191. The number of hydrogen-bond acceptors (Lipinski definition) is 2. The fourth-order valence-corrected chi connectivity index (χ4v) is 3.11. The smallest absolute Gasteiger partial charge is 0.138 e. The van der Waals surface area contributed by atoms with Crippen molar-refractivity contribution >= 4 is 43.8 Å². The molecule has 0 aliphatic carbocycles. The molecule has 19 heavy (non-hydrogen) atoms. The maximum absolute atomic E-state index is 9.95. The molecule has 0 aromatic heterocycles. The second-order valence-corrected chi connectivity index (χ2v) is 6.20. The second kappa shape index (κ2) is 5.88. The Kier molecular flexibility index (Phi) is 4.42. The van der Waals surface area contributed by atoms with E-state index < -0.39 is 0 Å². The quantitative estimate of drug-likeness (QED) is 0.703. The molecular weight excluding hydrogens is 370 g/mol. The van der Waals surface area contributed by atoms with E-state index >= 15 is 0 Å². The molecular formula is C15H13Br2NO. The van der Waals surface area contributed by atoms with Gasteiger partial charge >= 0.3 is 0 Å². The first-order chi connectivity index (χ1) is 8.95. The van der Waals surface area contributed by atoms with Crippen LogP contribution in [0.15, 0.2) is 44.3 Å². The molecule has 0 fully saturated rings. The Balaban J connectivity index is 2.37. The minimum atomic E-state index is 0.191. The van der Waals surface area contributed by atoms with Gasteiger partial charge in [0.1, 0.15) is 5.75 Å². The van der Waals surface area contributed by atoms with Crippen molar-refractivity contribution in [3.8, 4) is 5.75 Å². The van der Waals surface area contributed by atoms with Gasteiger partial charge in [0.2, 0.25) is 0 Å². The highest BCUT2D eigenvalue weighted by molar-refractivity contribution is 9.11. The van der Waals surface area contributed by atoms with Crippen molar-refractivity contribution in [2.45, 2.75) is 13.8 Å². The molecule has 1 N–H and O–H groups in total. The zero-order valence-electron chi connectivity index (χ0n) is 10.6. The molecule has 0 saturated carbocycles. The molecule has 4 heteroatoms. The lowest BCUT2D eigenvalue weighted by molar-refractivity contribution is 0.471. The summed E-state index contributed by atoms with van der Waals surface area (Å²) >= 11 is 6.70. The van der Waals surface area contributed by atoms with Crippen molar-refractivity contribution in [2.75, 3.05) is 0 Å². The Bertz CT molecular complexity index is 631. The zero-order chi connectivity index (χ0) is 14.0. The van der Waals surface area contributed by atoms with Crippen LogP contribution >= 0.6 is 31.9 Å². The number of phenolic OH excluding ortho intramolecular Hbond substituents is 1. The van der Waals surface area contributed by atoms with Crippen molar-refractivity contribution < 1.29 is 5.11 Å². The van der Waals surface area contributed by atoms with Crippen LogP contribution in [0.5, 0.6) is 5.75 Å². The third-order valence-electron chi connectivity index (χ3n) is 2.62. The average Bonchev–Trinajstić information content (AvgIpc) is 2.30. The lowest BCUT2D eigenvalue weighted by Gasteiger charge is -2.03. The van der Waals surface area contributed by atoms with Crippen LogP contribution in [-0.2, 0) is 0 Å². The van der Waals surface area contributed by atoms with E-state index in [1.54, 1.807) is 12.3 Å². The third kappa shape index (κ3) is 3.67. The van der Waals surface area contributed by atoms with Gasteiger partial charge in [-0.25, -0.2) is 0 Å². The number of halogens is 2. The number of hydrogen-bond donors (Lipinski definition) is 1. The van der Waals surface area contributed by atoms with Crippen molar-refractivity contribution in [3.05, 3.63) is 56.0 Å². The Morgan fingerprint density at radius 3 is 2.26 bits per heavy atom. The summed E-state index contributed by atoms with van der Waals surface area (Å²) in [4.78, 5) is 4.41. The lowest BCUT2D eigenvalue weighted by Crippen LogP contribution is -1.85. The summed E-state index contributed by atoms with van der Waals surface area (Å²) in [7, 11) is 0. The van der Waals surface area contributed by atoms with E-state index in [9.17, 15) is 5.11 Å². The monoisotopic (exact) mass is 381 g/mol. The number of benzene rings is 2. The lowest BCUT2D eigenvalue weighted by atomic mass is 10.1. The molecule has 0 unspecified atom stereocenters. The molecule has 0 amide bonds. The van der Waals surface area contributed by atoms with Gasteiger partial charge in [-0.05, 0) is 65.2 Å². The van der Waals surface area contributed by atoms with Gasteiger partial charge in [-0.1, -0.05) is 22.0 Å². The van der Waals surface area contributed by atoms with Crippen LogP contribution in [-0.4, -0.2) is 11.3 Å². The van der Waals surface area contributed by atoms with E-state index in [4.69, 9.17) is 0 Å².